The second-order valence-corrected chi connectivity index (χ2v) is 4.80. The van der Waals surface area contributed by atoms with Gasteiger partial charge in [-0.15, -0.1) is 23.3 Å². The van der Waals surface area contributed by atoms with E-state index in [1.54, 1.807) is 0 Å². The molecule has 0 unspecified atom stereocenters. The number of nitrogens with zero attached hydrogens (tertiary/aromatic N) is 3. The molecule has 0 N–H and O–H groups in total. The molecule has 0 spiro atoms. The predicted octanol–water partition coefficient (Wildman–Crippen LogP) is 3.66. The number of pyridine rings is 1. The van der Waals surface area contributed by atoms with Crippen molar-refractivity contribution >= 4 is 16.4 Å². The number of fused-ring (bicyclic) bond motifs is 3. The SMILES string of the molecule is Cc1nnc2c3[c-]ccc(-c4ccccc4)c3ccn12.[Ir]. The smallest absolute Gasteiger partial charge is 0.124 e. The van der Waals surface area contributed by atoms with Crippen molar-refractivity contribution in [2.24, 2.45) is 0 Å². The summed E-state index contributed by atoms with van der Waals surface area (Å²) in [6.07, 6.45) is 2.02. The number of hydrogen-bond donors (Lipinski definition) is 0. The van der Waals surface area contributed by atoms with Crippen molar-refractivity contribution in [2.75, 3.05) is 0 Å². The normalized spacial score (nSPS) is 10.7. The van der Waals surface area contributed by atoms with Crippen molar-refractivity contribution in [2.45, 2.75) is 6.92 Å². The van der Waals surface area contributed by atoms with Gasteiger partial charge in [0.1, 0.15) is 5.82 Å². The van der Waals surface area contributed by atoms with Crippen molar-refractivity contribution in [1.82, 2.24) is 14.6 Å². The summed E-state index contributed by atoms with van der Waals surface area (Å²) in [4.78, 5) is 0. The van der Waals surface area contributed by atoms with Gasteiger partial charge in [-0.3, -0.25) is 0 Å². The van der Waals surface area contributed by atoms with Crippen LogP contribution < -0.4 is 0 Å². The second-order valence-electron chi connectivity index (χ2n) is 4.80. The molecule has 0 saturated carbocycles. The largest absolute Gasteiger partial charge is 0.328 e. The number of benzene rings is 2. The molecule has 4 rings (SSSR count). The molecule has 0 saturated heterocycles. The van der Waals surface area contributed by atoms with Gasteiger partial charge in [-0.1, -0.05) is 52.7 Å². The van der Waals surface area contributed by atoms with E-state index >= 15 is 0 Å². The van der Waals surface area contributed by atoms with E-state index in [0.717, 1.165) is 22.2 Å². The maximum atomic E-state index is 4.26. The fourth-order valence-corrected chi connectivity index (χ4v) is 2.61. The molecule has 0 fully saturated rings. The minimum atomic E-state index is 0. The zero-order valence-electron chi connectivity index (χ0n) is 11.4. The molecule has 3 nitrogen and oxygen atoms in total. The van der Waals surface area contributed by atoms with Gasteiger partial charge in [0.05, 0.1) is 5.65 Å². The summed E-state index contributed by atoms with van der Waals surface area (Å²) in [6.45, 7) is 1.95. The molecule has 4 aromatic rings. The monoisotopic (exact) mass is 451 g/mol. The van der Waals surface area contributed by atoms with Crippen LogP contribution in [0.4, 0.5) is 0 Å². The first-order chi connectivity index (χ1) is 9.84. The van der Waals surface area contributed by atoms with Crippen LogP contribution in [-0.2, 0) is 20.1 Å². The Morgan fingerprint density at radius 3 is 2.62 bits per heavy atom. The van der Waals surface area contributed by atoms with E-state index in [-0.39, 0.29) is 20.1 Å². The first kappa shape index (κ1) is 13.9. The van der Waals surface area contributed by atoms with Crippen LogP contribution >= 0.6 is 0 Å². The number of rotatable bonds is 1. The Morgan fingerprint density at radius 1 is 1.00 bits per heavy atom. The summed E-state index contributed by atoms with van der Waals surface area (Å²) in [5, 5.41) is 10.6. The van der Waals surface area contributed by atoms with Crippen LogP contribution in [0.2, 0.25) is 0 Å². The summed E-state index contributed by atoms with van der Waals surface area (Å²) in [6, 6.07) is 19.8. The molecule has 1 radical (unpaired) electrons. The van der Waals surface area contributed by atoms with Gasteiger partial charge in [0.15, 0.2) is 0 Å². The maximum Gasteiger partial charge on any atom is 0.124 e. The molecule has 0 bridgehead atoms. The van der Waals surface area contributed by atoms with Gasteiger partial charge in [0, 0.05) is 20.1 Å². The van der Waals surface area contributed by atoms with Crippen LogP contribution in [0.3, 0.4) is 0 Å². The Hall–Kier alpha value is -2.03. The van der Waals surface area contributed by atoms with Gasteiger partial charge in [0.25, 0.3) is 0 Å². The van der Waals surface area contributed by atoms with Crippen LogP contribution in [0.5, 0.6) is 0 Å². The Balaban J connectivity index is 0.00000132. The molecule has 21 heavy (non-hydrogen) atoms. The van der Waals surface area contributed by atoms with E-state index in [4.69, 9.17) is 0 Å². The first-order valence-corrected chi connectivity index (χ1v) is 6.55. The van der Waals surface area contributed by atoms with Crippen molar-refractivity contribution in [3.8, 4) is 11.1 Å². The van der Waals surface area contributed by atoms with Crippen molar-refractivity contribution in [3.63, 3.8) is 0 Å². The number of hydrogen-bond acceptors (Lipinski definition) is 2. The van der Waals surface area contributed by atoms with Crippen molar-refractivity contribution in [3.05, 3.63) is 66.6 Å². The van der Waals surface area contributed by atoms with E-state index < -0.39 is 0 Å². The third kappa shape index (κ3) is 2.17. The van der Waals surface area contributed by atoms with Gasteiger partial charge >= 0.3 is 0 Å². The minimum Gasteiger partial charge on any atom is -0.328 e. The second kappa shape index (κ2) is 5.40. The van der Waals surface area contributed by atoms with E-state index in [1.807, 2.05) is 29.7 Å². The molecule has 0 aliphatic heterocycles. The molecule has 105 valence electrons. The van der Waals surface area contributed by atoms with Crippen LogP contribution in [-0.4, -0.2) is 14.6 Å². The first-order valence-electron chi connectivity index (χ1n) is 6.55. The van der Waals surface area contributed by atoms with Gasteiger partial charge in [-0.05, 0) is 18.7 Å². The topological polar surface area (TPSA) is 30.2 Å². The summed E-state index contributed by atoms with van der Waals surface area (Å²) in [5.41, 5.74) is 3.26. The molecule has 4 heteroatoms. The Kier molecular flexibility index (Phi) is 3.58. The summed E-state index contributed by atoms with van der Waals surface area (Å²) in [7, 11) is 0. The van der Waals surface area contributed by atoms with Crippen LogP contribution in [0.15, 0.2) is 54.7 Å². The molecule has 2 aromatic carbocycles. The standard InChI is InChI=1S/C17H12N3.Ir/c1-12-18-19-17-16-9-5-8-14(13-6-3-2-4-7-13)15(16)10-11-20(12)17;/h2-8,10-11H,1H3;/q-1;. The maximum absolute atomic E-state index is 4.26. The average Bonchev–Trinajstić information content (AvgIpc) is 2.89. The number of aromatic nitrogens is 3. The molecule has 0 aliphatic carbocycles. The van der Waals surface area contributed by atoms with Gasteiger partial charge in [-0.2, -0.15) is 5.10 Å². The van der Waals surface area contributed by atoms with E-state index in [1.165, 1.54) is 11.1 Å². The molecule has 2 heterocycles. The molecule has 0 aliphatic rings. The third-order valence-corrected chi connectivity index (χ3v) is 3.60. The van der Waals surface area contributed by atoms with Gasteiger partial charge < -0.3 is 4.40 Å². The summed E-state index contributed by atoms with van der Waals surface area (Å²) >= 11 is 0. The fourth-order valence-electron chi connectivity index (χ4n) is 2.61. The number of aryl methyl sites for hydroxylation is 1. The molecular formula is C17H12IrN3-. The zero-order chi connectivity index (χ0) is 13.5. The van der Waals surface area contributed by atoms with Gasteiger partial charge in [0.2, 0.25) is 0 Å². The minimum absolute atomic E-state index is 0. The van der Waals surface area contributed by atoms with Crippen LogP contribution in [0, 0.1) is 13.0 Å². The molecular weight excluding hydrogens is 438 g/mol. The van der Waals surface area contributed by atoms with Crippen LogP contribution in [0.1, 0.15) is 5.82 Å². The molecule has 2 aromatic heterocycles. The Labute approximate surface area is 136 Å². The summed E-state index contributed by atoms with van der Waals surface area (Å²) < 4.78 is 1.99. The third-order valence-electron chi connectivity index (χ3n) is 3.60. The zero-order valence-corrected chi connectivity index (χ0v) is 13.8. The Morgan fingerprint density at radius 2 is 1.81 bits per heavy atom. The fraction of sp³-hybridized carbons (Fsp3) is 0.0588. The summed E-state index contributed by atoms with van der Waals surface area (Å²) in [5.74, 6) is 0.889. The predicted molar refractivity (Wildman–Crippen MR) is 79.5 cm³/mol. The van der Waals surface area contributed by atoms with Gasteiger partial charge in [-0.25, -0.2) is 0 Å². The van der Waals surface area contributed by atoms with Crippen molar-refractivity contribution in [1.29, 1.82) is 0 Å². The average molecular weight is 451 g/mol. The van der Waals surface area contributed by atoms with E-state index in [9.17, 15) is 0 Å². The molecule has 0 amide bonds. The van der Waals surface area contributed by atoms with Crippen LogP contribution in [0.25, 0.3) is 27.5 Å². The van der Waals surface area contributed by atoms with E-state index in [0.29, 0.717) is 0 Å². The van der Waals surface area contributed by atoms with E-state index in [2.05, 4.69) is 52.7 Å². The quantitative estimate of drug-likeness (QED) is 0.415. The molecule has 0 atom stereocenters. The van der Waals surface area contributed by atoms with Crippen molar-refractivity contribution < 1.29 is 20.1 Å². The Bertz CT molecular complexity index is 913.